The molecule has 2 fully saturated rings. The lowest BCUT2D eigenvalue weighted by molar-refractivity contribution is -0.111. The van der Waals surface area contributed by atoms with Crippen molar-refractivity contribution in [2.45, 2.75) is 18.9 Å². The number of morpholine rings is 1. The standard InChI is InChI=1S/C27H29ClFN5O4/c28-21-13-18(5-6-22(21)29)32-27-20-14-24(33-26(35)4-1-7-34-8-11-36-12-9-34)25(15-23(20)30-17-31-27)38-16-19-3-2-10-37-19/h1,4-6,13-15,17,19H,2-3,7-12,16H2,(H,33,35)(H,30,31,32). The van der Waals surface area contributed by atoms with Crippen LogP contribution >= 0.6 is 11.6 Å². The van der Waals surface area contributed by atoms with Crippen molar-refractivity contribution >= 4 is 45.6 Å². The Balaban J connectivity index is 1.39. The van der Waals surface area contributed by atoms with Gasteiger partial charge in [-0.2, -0.15) is 0 Å². The first-order valence-electron chi connectivity index (χ1n) is 12.6. The summed E-state index contributed by atoms with van der Waals surface area (Å²) in [6, 6.07) is 7.85. The van der Waals surface area contributed by atoms with Crippen LogP contribution in [0.5, 0.6) is 5.75 Å². The van der Waals surface area contributed by atoms with Crippen LogP contribution in [0.1, 0.15) is 12.8 Å². The molecule has 0 bridgehead atoms. The van der Waals surface area contributed by atoms with E-state index >= 15 is 0 Å². The van der Waals surface area contributed by atoms with Gasteiger partial charge >= 0.3 is 0 Å². The van der Waals surface area contributed by atoms with E-state index < -0.39 is 5.82 Å². The van der Waals surface area contributed by atoms with E-state index in [2.05, 4.69) is 25.5 Å². The van der Waals surface area contributed by atoms with Crippen LogP contribution < -0.4 is 15.4 Å². The summed E-state index contributed by atoms with van der Waals surface area (Å²) in [6.07, 6.45) is 6.71. The van der Waals surface area contributed by atoms with Crippen LogP contribution in [0.2, 0.25) is 5.02 Å². The topological polar surface area (TPSA) is 97.8 Å². The first kappa shape index (κ1) is 26.3. The van der Waals surface area contributed by atoms with Gasteiger partial charge in [-0.3, -0.25) is 9.69 Å². The zero-order valence-corrected chi connectivity index (χ0v) is 21.5. The van der Waals surface area contributed by atoms with Gasteiger partial charge in [0.15, 0.2) is 0 Å². The van der Waals surface area contributed by atoms with E-state index in [4.69, 9.17) is 25.8 Å². The lowest BCUT2D eigenvalue weighted by atomic mass is 10.1. The maximum absolute atomic E-state index is 13.6. The van der Waals surface area contributed by atoms with E-state index in [1.807, 2.05) is 6.08 Å². The maximum atomic E-state index is 13.6. The molecule has 1 amide bonds. The van der Waals surface area contributed by atoms with Crippen molar-refractivity contribution in [3.63, 3.8) is 0 Å². The fourth-order valence-electron chi connectivity index (χ4n) is 4.34. The summed E-state index contributed by atoms with van der Waals surface area (Å²) in [7, 11) is 0. The summed E-state index contributed by atoms with van der Waals surface area (Å²) < 4.78 is 30.8. The molecule has 200 valence electrons. The van der Waals surface area contributed by atoms with Gasteiger partial charge in [-0.15, -0.1) is 0 Å². The second-order valence-corrected chi connectivity index (χ2v) is 9.50. The molecule has 2 aliphatic heterocycles. The minimum Gasteiger partial charge on any atom is -0.489 e. The van der Waals surface area contributed by atoms with Crippen molar-refractivity contribution in [2.75, 3.05) is 56.7 Å². The lowest BCUT2D eigenvalue weighted by Crippen LogP contribution is -2.36. The van der Waals surface area contributed by atoms with Gasteiger partial charge in [0, 0.05) is 49.5 Å². The van der Waals surface area contributed by atoms with E-state index in [0.717, 1.165) is 32.5 Å². The number of carbonyl (C=O) groups is 1. The number of halogens is 2. The second kappa shape index (κ2) is 12.5. The van der Waals surface area contributed by atoms with Crippen LogP contribution in [-0.4, -0.2) is 72.9 Å². The van der Waals surface area contributed by atoms with Gasteiger partial charge in [-0.05, 0) is 37.1 Å². The summed E-state index contributed by atoms with van der Waals surface area (Å²) >= 11 is 5.94. The molecule has 1 aromatic heterocycles. The average molecular weight is 542 g/mol. The van der Waals surface area contributed by atoms with Crippen molar-refractivity contribution in [3.05, 3.63) is 59.7 Å². The number of hydrogen-bond acceptors (Lipinski definition) is 8. The second-order valence-electron chi connectivity index (χ2n) is 9.09. The molecule has 5 rings (SSSR count). The highest BCUT2D eigenvalue weighted by Gasteiger charge is 2.19. The van der Waals surface area contributed by atoms with Gasteiger partial charge in [0.05, 0.1) is 35.5 Å². The minimum atomic E-state index is -0.510. The van der Waals surface area contributed by atoms with Crippen LogP contribution in [0.15, 0.2) is 48.8 Å². The highest BCUT2D eigenvalue weighted by atomic mass is 35.5. The molecule has 1 unspecified atom stereocenters. The van der Waals surface area contributed by atoms with E-state index in [1.165, 1.54) is 24.5 Å². The molecule has 11 heteroatoms. The van der Waals surface area contributed by atoms with Crippen molar-refractivity contribution in [2.24, 2.45) is 0 Å². The van der Waals surface area contributed by atoms with Gasteiger partial charge in [-0.25, -0.2) is 14.4 Å². The summed E-state index contributed by atoms with van der Waals surface area (Å²) in [5.74, 6) is 0.167. The minimum absolute atomic E-state index is 0.00463. The van der Waals surface area contributed by atoms with Gasteiger partial charge in [0.25, 0.3) is 0 Å². The van der Waals surface area contributed by atoms with Gasteiger partial charge < -0.3 is 24.8 Å². The summed E-state index contributed by atoms with van der Waals surface area (Å²) in [5.41, 5.74) is 1.65. The Morgan fingerprint density at radius 1 is 1.21 bits per heavy atom. The quantitative estimate of drug-likeness (QED) is 0.381. The molecule has 3 aromatic rings. The molecule has 0 aliphatic carbocycles. The predicted octanol–water partition coefficient (Wildman–Crippen LogP) is 4.55. The molecule has 0 saturated carbocycles. The highest BCUT2D eigenvalue weighted by Crippen LogP contribution is 2.34. The van der Waals surface area contributed by atoms with E-state index in [1.54, 1.807) is 18.2 Å². The Bertz CT molecular complexity index is 1310. The molecule has 9 nitrogen and oxygen atoms in total. The molecule has 2 saturated heterocycles. The Hall–Kier alpha value is -3.31. The molecular formula is C27H29ClFN5O4. The smallest absolute Gasteiger partial charge is 0.248 e. The van der Waals surface area contributed by atoms with Gasteiger partial charge in [-0.1, -0.05) is 17.7 Å². The molecule has 38 heavy (non-hydrogen) atoms. The third-order valence-corrected chi connectivity index (χ3v) is 6.65. The SMILES string of the molecule is O=C(C=CCN1CCOCC1)Nc1cc2c(Nc3ccc(F)c(Cl)c3)ncnc2cc1OCC1CCCO1. The highest BCUT2D eigenvalue weighted by molar-refractivity contribution is 6.31. The Labute approximate surface area is 224 Å². The summed E-state index contributed by atoms with van der Waals surface area (Å²) in [6.45, 7) is 4.83. The Morgan fingerprint density at radius 3 is 2.87 bits per heavy atom. The lowest BCUT2D eigenvalue weighted by Gasteiger charge is -2.25. The van der Waals surface area contributed by atoms with Gasteiger partial charge in [0.1, 0.15) is 30.3 Å². The normalized spacial score (nSPS) is 18.2. The van der Waals surface area contributed by atoms with Crippen molar-refractivity contribution in [1.29, 1.82) is 0 Å². The largest absolute Gasteiger partial charge is 0.489 e. The predicted molar refractivity (Wildman–Crippen MR) is 144 cm³/mol. The molecular weight excluding hydrogens is 513 g/mol. The van der Waals surface area contributed by atoms with E-state index in [-0.39, 0.29) is 17.0 Å². The van der Waals surface area contributed by atoms with E-state index in [0.29, 0.717) is 60.2 Å². The fraction of sp³-hybridized carbons (Fsp3) is 0.370. The number of carbonyl (C=O) groups excluding carboxylic acids is 1. The molecule has 0 radical (unpaired) electrons. The molecule has 2 aliphatic rings. The Morgan fingerprint density at radius 2 is 2.08 bits per heavy atom. The summed E-state index contributed by atoms with van der Waals surface area (Å²) in [4.78, 5) is 23.8. The number of amides is 1. The number of ether oxygens (including phenoxy) is 3. The summed E-state index contributed by atoms with van der Waals surface area (Å²) in [5, 5.41) is 6.73. The van der Waals surface area contributed by atoms with Gasteiger partial charge in [0.2, 0.25) is 5.91 Å². The number of anilines is 3. The van der Waals surface area contributed by atoms with Crippen molar-refractivity contribution < 1.29 is 23.4 Å². The molecule has 3 heterocycles. The number of hydrogen-bond donors (Lipinski definition) is 2. The third-order valence-electron chi connectivity index (χ3n) is 6.36. The first-order valence-corrected chi connectivity index (χ1v) is 13.0. The molecule has 2 aromatic carbocycles. The molecule has 2 N–H and O–H groups in total. The average Bonchev–Trinajstić information content (AvgIpc) is 3.44. The fourth-order valence-corrected chi connectivity index (χ4v) is 4.52. The molecule has 1 atom stereocenters. The number of aromatic nitrogens is 2. The number of rotatable bonds is 9. The van der Waals surface area contributed by atoms with Crippen LogP contribution in [0.4, 0.5) is 21.6 Å². The van der Waals surface area contributed by atoms with E-state index in [9.17, 15) is 9.18 Å². The monoisotopic (exact) mass is 541 g/mol. The van der Waals surface area contributed by atoms with Crippen LogP contribution in [0.25, 0.3) is 10.9 Å². The number of nitrogens with one attached hydrogen (secondary N) is 2. The van der Waals surface area contributed by atoms with Crippen LogP contribution in [0, 0.1) is 5.82 Å². The number of benzene rings is 2. The maximum Gasteiger partial charge on any atom is 0.248 e. The van der Waals surface area contributed by atoms with Crippen LogP contribution in [0.3, 0.4) is 0 Å². The number of nitrogens with zero attached hydrogens (tertiary/aromatic N) is 3. The zero-order valence-electron chi connectivity index (χ0n) is 20.8. The first-order chi connectivity index (χ1) is 18.5. The molecule has 0 spiro atoms. The van der Waals surface area contributed by atoms with Crippen molar-refractivity contribution in [3.8, 4) is 5.75 Å². The Kier molecular flexibility index (Phi) is 8.65. The number of fused-ring (bicyclic) bond motifs is 1. The zero-order chi connectivity index (χ0) is 26.3. The van der Waals surface area contributed by atoms with Crippen molar-refractivity contribution in [1.82, 2.24) is 14.9 Å². The third kappa shape index (κ3) is 6.76. The van der Waals surface area contributed by atoms with Crippen LogP contribution in [-0.2, 0) is 14.3 Å².